The number of carbonyl (C=O) groups excluding carboxylic acids is 2. The van der Waals surface area contributed by atoms with E-state index in [1.807, 2.05) is 6.07 Å². The van der Waals surface area contributed by atoms with Crippen molar-refractivity contribution < 1.29 is 55.0 Å². The molecule has 9 rings (SSSR count). The van der Waals surface area contributed by atoms with Crippen LogP contribution in [-0.4, -0.2) is 128 Å². The zero-order valence-corrected chi connectivity index (χ0v) is 35.9. The Morgan fingerprint density at radius 3 is 1.94 bits per heavy atom. The molecule has 0 saturated carbocycles. The van der Waals surface area contributed by atoms with Crippen LogP contribution in [0.4, 0.5) is 20.4 Å². The third-order valence-electron chi connectivity index (χ3n) is 10.2. The monoisotopic (exact) mass is 958 g/mol. The number of nitrogens with one attached hydrogen (secondary N) is 2. The van der Waals surface area contributed by atoms with Crippen molar-refractivity contribution in [2.45, 2.75) is 55.6 Å². The lowest BCUT2D eigenvalue weighted by Crippen LogP contribution is -2.38. The molecular formula is C40H39BF2N12O10P2. The zero-order chi connectivity index (χ0) is 46.5. The number of anilines is 2. The molecule has 0 spiro atoms. The summed E-state index contributed by atoms with van der Waals surface area (Å²) in [4.78, 5) is 55.2. The van der Waals surface area contributed by atoms with Gasteiger partial charge in [-0.3, -0.25) is 18.7 Å². The zero-order valence-electron chi connectivity index (χ0n) is 34.1. The Morgan fingerprint density at radius 1 is 0.836 bits per heavy atom. The Balaban J connectivity index is 0.991. The molecule has 0 radical (unpaired) electrons. The number of alkyl halides is 2. The van der Waals surface area contributed by atoms with Gasteiger partial charge in [-0.05, 0) is 24.3 Å². The number of nitriles is 1. The largest absolute Gasteiger partial charge is 0.346 e. The van der Waals surface area contributed by atoms with Crippen molar-refractivity contribution in [3.05, 3.63) is 109 Å². The number of carbonyl (C=O) groups is 2. The van der Waals surface area contributed by atoms with Gasteiger partial charge in [-0.25, -0.2) is 58.8 Å². The van der Waals surface area contributed by atoms with Gasteiger partial charge in [0.15, 0.2) is 64.9 Å². The molecule has 10 atom stereocenters. The topological polar surface area (TPSA) is 247 Å². The molecule has 3 aliphatic rings. The highest BCUT2D eigenvalue weighted by Crippen LogP contribution is 2.61. The van der Waals surface area contributed by atoms with E-state index in [1.54, 1.807) is 60.7 Å². The summed E-state index contributed by atoms with van der Waals surface area (Å²) in [5, 5.41) is 14.8. The van der Waals surface area contributed by atoms with Gasteiger partial charge in [0.05, 0.1) is 31.8 Å². The maximum absolute atomic E-state index is 17.1. The molecule has 7 heterocycles. The minimum absolute atomic E-state index is 0.0320. The average Bonchev–Trinajstić information content (AvgIpc) is 4.12. The van der Waals surface area contributed by atoms with Crippen molar-refractivity contribution in [2.24, 2.45) is 0 Å². The minimum Gasteiger partial charge on any atom is -0.346 e. The van der Waals surface area contributed by atoms with Crippen LogP contribution in [0.3, 0.4) is 0 Å². The van der Waals surface area contributed by atoms with E-state index >= 15 is 8.78 Å². The standard InChI is InChI=1S/C40H39BF2N12O10P2/c1-45-14-16-58-66-59-17-25-32(28(43)40(62-25)55-22-51-30-34(47-20-49-36(30)55)53-38(57)24-11-6-3-7-12-24)65-67(41,60-15-8-13-44)61-18-26-31(64-66)27(42)39(63-26)54-21-50-29-33(46-19-48-35(29)54)52-37(56)23-9-4-2-5-10-23/h2-7,9-12,19-22,25-28,31-32,39-40H,8,14-18H2,41H3,(H,46,48,52,56)(H,47,49,53,57)/t25-,26-,27?,28+,31+,32?,39-,40-,66?,67?/m1/s1. The summed E-state index contributed by atoms with van der Waals surface area (Å²) in [5.41, 5.74) is 1.34. The fourth-order valence-electron chi connectivity index (χ4n) is 7.14. The molecule has 67 heavy (non-hydrogen) atoms. The van der Waals surface area contributed by atoms with Gasteiger partial charge in [0.25, 0.3) is 11.8 Å². The highest BCUT2D eigenvalue weighted by molar-refractivity contribution is 7.85. The third-order valence-corrected chi connectivity index (χ3v) is 12.6. The van der Waals surface area contributed by atoms with Crippen molar-refractivity contribution in [1.82, 2.24) is 39.0 Å². The number of fused-ring (bicyclic) bond motifs is 4. The number of aromatic nitrogens is 8. The van der Waals surface area contributed by atoms with Crippen LogP contribution in [0.2, 0.25) is 0 Å². The van der Waals surface area contributed by atoms with Crippen LogP contribution in [0, 0.1) is 17.9 Å². The van der Waals surface area contributed by atoms with Crippen LogP contribution in [0.5, 0.6) is 0 Å². The summed E-state index contributed by atoms with van der Waals surface area (Å²) < 4.78 is 86.9. The summed E-state index contributed by atoms with van der Waals surface area (Å²) in [6.45, 7) is 6.15. The number of benzene rings is 2. The molecule has 4 aromatic heterocycles. The quantitative estimate of drug-likeness (QED) is 0.0737. The van der Waals surface area contributed by atoms with Crippen LogP contribution < -0.4 is 10.6 Å². The Hall–Kier alpha value is -6.08. The Kier molecular flexibility index (Phi) is 14.0. The Labute approximate surface area is 382 Å². The van der Waals surface area contributed by atoms with E-state index in [0.717, 1.165) is 0 Å². The highest BCUT2D eigenvalue weighted by Gasteiger charge is 2.56. The van der Waals surface area contributed by atoms with Gasteiger partial charge in [0, 0.05) is 11.1 Å². The lowest BCUT2D eigenvalue weighted by atomic mass is 10.1. The van der Waals surface area contributed by atoms with Crippen LogP contribution >= 0.6 is 16.4 Å². The van der Waals surface area contributed by atoms with E-state index < -0.39 is 91.6 Å². The van der Waals surface area contributed by atoms with Crippen molar-refractivity contribution >= 4 is 69.8 Å². The lowest BCUT2D eigenvalue weighted by Gasteiger charge is -2.32. The highest BCUT2D eigenvalue weighted by atomic mass is 31.2. The van der Waals surface area contributed by atoms with E-state index in [2.05, 4.69) is 45.4 Å². The molecule has 0 aliphatic carbocycles. The number of hydrogen-bond acceptors (Lipinski definition) is 17. The molecular weight excluding hydrogens is 919 g/mol. The normalized spacial score (nSPS) is 27.5. The first kappa shape index (κ1) is 46.1. The second kappa shape index (κ2) is 20.4. The molecule has 3 aliphatic heterocycles. The van der Waals surface area contributed by atoms with Gasteiger partial charge in [0.1, 0.15) is 50.8 Å². The van der Waals surface area contributed by atoms with Crippen LogP contribution in [0.1, 0.15) is 39.6 Å². The van der Waals surface area contributed by atoms with Crippen molar-refractivity contribution in [1.29, 1.82) is 5.26 Å². The van der Waals surface area contributed by atoms with Gasteiger partial charge >= 0.3 is 8.60 Å². The third kappa shape index (κ3) is 9.84. The summed E-state index contributed by atoms with van der Waals surface area (Å²) >= 11 is 0. The Bertz CT molecular complexity index is 2810. The van der Waals surface area contributed by atoms with Gasteiger partial charge in [-0.2, -0.15) is 5.26 Å². The average molecular weight is 959 g/mol. The number of halogens is 2. The first-order chi connectivity index (χ1) is 32.6. The van der Waals surface area contributed by atoms with Gasteiger partial charge < -0.3 is 38.5 Å². The first-order valence-electron chi connectivity index (χ1n) is 20.1. The molecule has 2 N–H and O–H groups in total. The molecule has 346 valence electrons. The fraction of sp³-hybridized carbons (Fsp3) is 0.350. The molecule has 2 amide bonds. The van der Waals surface area contributed by atoms with Crippen LogP contribution in [0.25, 0.3) is 27.2 Å². The number of rotatable bonds is 12. The van der Waals surface area contributed by atoms with E-state index in [1.165, 1.54) is 34.4 Å². The van der Waals surface area contributed by atoms with E-state index in [4.69, 9.17) is 43.2 Å². The van der Waals surface area contributed by atoms with Gasteiger partial charge in [0.2, 0.25) is 21.9 Å². The molecule has 27 heteroatoms. The Morgan fingerprint density at radius 2 is 1.39 bits per heavy atom. The maximum atomic E-state index is 17.1. The number of ether oxygens (including phenoxy) is 2. The van der Waals surface area contributed by atoms with Crippen molar-refractivity contribution in [3.63, 3.8) is 0 Å². The maximum Gasteiger partial charge on any atom is 0.333 e. The van der Waals surface area contributed by atoms with Crippen LogP contribution in [-0.2, 0) is 36.6 Å². The molecule has 0 bridgehead atoms. The molecule has 6 aromatic rings. The summed E-state index contributed by atoms with van der Waals surface area (Å²) in [6, 6.07) is 19.0. The number of hydrogen-bond donors (Lipinski definition) is 2. The summed E-state index contributed by atoms with van der Waals surface area (Å²) in [5.74, 6) is -0.734. The summed E-state index contributed by atoms with van der Waals surface area (Å²) in [6.07, 6.45) is -6.96. The second-order valence-corrected chi connectivity index (χ2v) is 16.7. The molecule has 22 nitrogen and oxygen atoms in total. The molecule has 3 fully saturated rings. The first-order valence-corrected chi connectivity index (χ1v) is 22.3. The minimum atomic E-state index is -3.40. The molecule has 4 unspecified atom stereocenters. The van der Waals surface area contributed by atoms with Crippen molar-refractivity contribution in [2.75, 3.05) is 43.6 Å². The van der Waals surface area contributed by atoms with Crippen LogP contribution in [0.15, 0.2) is 86.0 Å². The van der Waals surface area contributed by atoms with Gasteiger partial charge in [-0.15, -0.1) is 0 Å². The lowest BCUT2D eigenvalue weighted by molar-refractivity contribution is -0.0614. The number of nitrogens with zero attached hydrogens (tertiary/aromatic N) is 10. The summed E-state index contributed by atoms with van der Waals surface area (Å²) in [7, 11) is -7.01. The van der Waals surface area contributed by atoms with Crippen molar-refractivity contribution in [3.8, 4) is 6.07 Å². The fourth-order valence-corrected chi connectivity index (χ4v) is 9.45. The van der Waals surface area contributed by atoms with E-state index in [-0.39, 0.29) is 66.7 Å². The molecule has 3 saturated heterocycles. The smallest absolute Gasteiger partial charge is 0.333 e. The van der Waals surface area contributed by atoms with E-state index in [0.29, 0.717) is 11.1 Å². The van der Waals surface area contributed by atoms with Gasteiger partial charge in [-0.1, -0.05) is 36.4 Å². The molecule has 2 aromatic carbocycles. The number of imidazole rings is 2. The second-order valence-electron chi connectivity index (χ2n) is 14.4. The predicted molar refractivity (Wildman–Crippen MR) is 236 cm³/mol. The SMILES string of the molecule is [BH3-][P+]1(OCCC#N)OC[C@H]2O[C@@H](n3cnc4c(NC(=O)c5ccccc5)ncnc43)C(F)[C@H]2OP(OCC[N+]#[C-])OC[C@H]2O[C@@H](n3cnc4c(NC(=O)c5ccccc5)ncnc43)[C@@H](F)C2O1. The number of amides is 2. The van der Waals surface area contributed by atoms with E-state index in [9.17, 15) is 14.9 Å². The predicted octanol–water partition coefficient (Wildman–Crippen LogP) is 4.60.